The van der Waals surface area contributed by atoms with Crippen molar-refractivity contribution in [2.75, 3.05) is 7.11 Å². The van der Waals surface area contributed by atoms with Crippen LogP contribution in [0.4, 0.5) is 0 Å². The highest BCUT2D eigenvalue weighted by Crippen LogP contribution is 2.08. The van der Waals surface area contributed by atoms with E-state index in [0.29, 0.717) is 6.42 Å². The van der Waals surface area contributed by atoms with Gasteiger partial charge in [0.05, 0.1) is 13.2 Å². The highest BCUT2D eigenvalue weighted by Gasteiger charge is 2.16. The molecule has 0 N–H and O–H groups in total. The first-order valence-electron chi connectivity index (χ1n) is 3.73. The quantitative estimate of drug-likeness (QED) is 0.578. The fourth-order valence-electron chi connectivity index (χ4n) is 0.786. The van der Waals surface area contributed by atoms with Gasteiger partial charge in [0, 0.05) is 0 Å². The Hall–Kier alpha value is -1.04. The molecule has 0 saturated heterocycles. The molecule has 1 atom stereocenters. The molecule has 0 aliphatic rings. The van der Waals surface area contributed by atoms with Gasteiger partial charge in [0.15, 0.2) is 0 Å². The molecule has 0 radical (unpaired) electrons. The van der Waals surface area contributed by atoms with Crippen molar-refractivity contribution >= 4 is 5.97 Å². The summed E-state index contributed by atoms with van der Waals surface area (Å²) in [6.07, 6.45) is 2.50. The molecule has 0 amide bonds. The number of ether oxygens (including phenoxy) is 1. The summed E-state index contributed by atoms with van der Waals surface area (Å²) in [7, 11) is 1.30. The van der Waals surface area contributed by atoms with E-state index in [9.17, 15) is 4.79 Å². The number of nitrogens with zero attached hydrogens (tertiary/aromatic N) is 1. The van der Waals surface area contributed by atoms with Gasteiger partial charge in [-0.05, 0) is 6.42 Å². The van der Waals surface area contributed by atoms with Crippen LogP contribution in [0.25, 0.3) is 0 Å². The molecule has 62 valence electrons. The van der Waals surface area contributed by atoms with E-state index in [2.05, 4.69) is 4.74 Å². The molecule has 0 spiro atoms. The summed E-state index contributed by atoms with van der Waals surface area (Å²) in [6, 6.07) is 1.91. The van der Waals surface area contributed by atoms with Gasteiger partial charge in [0.2, 0.25) is 0 Å². The lowest BCUT2D eigenvalue weighted by molar-refractivity contribution is -0.143. The van der Waals surface area contributed by atoms with Crippen molar-refractivity contribution in [1.29, 1.82) is 5.26 Å². The van der Waals surface area contributed by atoms with Gasteiger partial charge in [-0.25, -0.2) is 0 Å². The average molecular weight is 155 g/mol. The van der Waals surface area contributed by atoms with E-state index in [1.54, 1.807) is 0 Å². The fraction of sp³-hybridized carbons (Fsp3) is 0.750. The van der Waals surface area contributed by atoms with Crippen LogP contribution in [0.5, 0.6) is 0 Å². The van der Waals surface area contributed by atoms with Crippen molar-refractivity contribution in [3.63, 3.8) is 0 Å². The minimum Gasteiger partial charge on any atom is -0.468 e. The molecular formula is C8H13NO2. The second-order valence-corrected chi connectivity index (χ2v) is 2.35. The third-order valence-corrected chi connectivity index (χ3v) is 1.49. The van der Waals surface area contributed by atoms with Gasteiger partial charge >= 0.3 is 5.97 Å². The van der Waals surface area contributed by atoms with Crippen LogP contribution in [-0.4, -0.2) is 13.1 Å². The molecule has 1 unspecified atom stereocenters. The molecular weight excluding hydrogens is 142 g/mol. The van der Waals surface area contributed by atoms with E-state index >= 15 is 0 Å². The molecule has 0 aliphatic carbocycles. The Bertz CT molecular complexity index is 160. The summed E-state index contributed by atoms with van der Waals surface area (Å²) < 4.78 is 4.44. The van der Waals surface area contributed by atoms with Gasteiger partial charge in [0.1, 0.15) is 5.92 Å². The molecule has 0 saturated carbocycles. The zero-order chi connectivity index (χ0) is 8.69. The van der Waals surface area contributed by atoms with Crippen molar-refractivity contribution in [2.45, 2.75) is 26.2 Å². The van der Waals surface area contributed by atoms with Crippen LogP contribution < -0.4 is 0 Å². The lowest BCUT2D eigenvalue weighted by Gasteiger charge is -2.03. The van der Waals surface area contributed by atoms with Crippen molar-refractivity contribution in [3.05, 3.63) is 0 Å². The first kappa shape index (κ1) is 9.96. The summed E-state index contributed by atoms with van der Waals surface area (Å²) in [5.41, 5.74) is 0. The molecule has 0 rings (SSSR count). The van der Waals surface area contributed by atoms with Crippen molar-refractivity contribution in [1.82, 2.24) is 0 Å². The standard InChI is InChI=1S/C8H13NO2/c1-3-4-5-7(6-9)8(10)11-2/h7H,3-5H2,1-2H3. The topological polar surface area (TPSA) is 50.1 Å². The number of carbonyl (C=O) groups excluding carboxylic acids is 1. The van der Waals surface area contributed by atoms with Gasteiger partial charge in [-0.1, -0.05) is 19.8 Å². The third kappa shape index (κ3) is 3.61. The Labute approximate surface area is 67.0 Å². The van der Waals surface area contributed by atoms with Gasteiger partial charge in [-0.15, -0.1) is 0 Å². The second-order valence-electron chi connectivity index (χ2n) is 2.35. The summed E-state index contributed by atoms with van der Waals surface area (Å²) in [4.78, 5) is 10.8. The van der Waals surface area contributed by atoms with E-state index in [1.165, 1.54) is 7.11 Å². The monoisotopic (exact) mass is 155 g/mol. The summed E-state index contributed by atoms with van der Waals surface area (Å²) in [5.74, 6) is -0.985. The highest BCUT2D eigenvalue weighted by atomic mass is 16.5. The van der Waals surface area contributed by atoms with E-state index < -0.39 is 11.9 Å². The molecule has 0 bridgehead atoms. The SMILES string of the molecule is CCCCC(C#N)C(=O)OC. The number of hydrogen-bond acceptors (Lipinski definition) is 3. The molecule has 0 fully saturated rings. The summed E-state index contributed by atoms with van der Waals surface area (Å²) >= 11 is 0. The van der Waals surface area contributed by atoms with Crippen LogP contribution in [0, 0.1) is 17.2 Å². The first-order chi connectivity index (χ1) is 5.26. The van der Waals surface area contributed by atoms with Crippen molar-refractivity contribution in [3.8, 4) is 6.07 Å². The molecule has 0 aromatic carbocycles. The Balaban J connectivity index is 3.78. The predicted octanol–water partition coefficient (Wildman–Crippen LogP) is 1.49. The normalized spacial score (nSPS) is 11.7. The number of esters is 1. The maximum absolute atomic E-state index is 10.8. The Morgan fingerprint density at radius 3 is 2.73 bits per heavy atom. The van der Waals surface area contributed by atoms with Crippen LogP contribution >= 0.6 is 0 Å². The van der Waals surface area contributed by atoms with Crippen LogP contribution in [0.3, 0.4) is 0 Å². The van der Waals surface area contributed by atoms with E-state index in [1.807, 2.05) is 13.0 Å². The first-order valence-corrected chi connectivity index (χ1v) is 3.73. The Kier molecular flexibility index (Phi) is 5.18. The Morgan fingerprint density at radius 2 is 2.36 bits per heavy atom. The van der Waals surface area contributed by atoms with Gasteiger partial charge in [0.25, 0.3) is 0 Å². The highest BCUT2D eigenvalue weighted by molar-refractivity contribution is 5.74. The Morgan fingerprint density at radius 1 is 1.73 bits per heavy atom. The van der Waals surface area contributed by atoms with E-state index in [0.717, 1.165) is 12.8 Å². The van der Waals surface area contributed by atoms with Gasteiger partial charge < -0.3 is 4.74 Å². The van der Waals surface area contributed by atoms with Crippen molar-refractivity contribution in [2.24, 2.45) is 5.92 Å². The van der Waals surface area contributed by atoms with Crippen LogP contribution in [0.15, 0.2) is 0 Å². The fourth-order valence-corrected chi connectivity index (χ4v) is 0.786. The maximum Gasteiger partial charge on any atom is 0.323 e. The molecule has 11 heavy (non-hydrogen) atoms. The van der Waals surface area contributed by atoms with E-state index in [4.69, 9.17) is 5.26 Å². The lowest BCUT2D eigenvalue weighted by Crippen LogP contribution is -2.13. The number of unbranched alkanes of at least 4 members (excludes halogenated alkanes) is 1. The zero-order valence-corrected chi connectivity index (χ0v) is 6.96. The number of nitriles is 1. The molecule has 0 aromatic rings. The minimum atomic E-state index is -0.569. The second kappa shape index (κ2) is 5.72. The summed E-state index contributed by atoms with van der Waals surface area (Å²) in [5, 5.41) is 8.50. The maximum atomic E-state index is 10.8. The smallest absolute Gasteiger partial charge is 0.323 e. The third-order valence-electron chi connectivity index (χ3n) is 1.49. The minimum absolute atomic E-state index is 0.416. The molecule has 3 heteroatoms. The average Bonchev–Trinajstić information content (AvgIpc) is 2.05. The molecule has 3 nitrogen and oxygen atoms in total. The van der Waals surface area contributed by atoms with E-state index in [-0.39, 0.29) is 0 Å². The number of methoxy groups -OCH3 is 1. The van der Waals surface area contributed by atoms with Crippen LogP contribution in [0.2, 0.25) is 0 Å². The predicted molar refractivity (Wildman–Crippen MR) is 40.6 cm³/mol. The molecule has 0 heterocycles. The lowest BCUT2D eigenvalue weighted by atomic mass is 10.0. The van der Waals surface area contributed by atoms with Crippen LogP contribution in [0.1, 0.15) is 26.2 Å². The summed E-state index contributed by atoms with van der Waals surface area (Å²) in [6.45, 7) is 2.02. The number of carbonyl (C=O) groups is 1. The molecule has 0 aromatic heterocycles. The molecule has 0 aliphatic heterocycles. The number of rotatable bonds is 4. The van der Waals surface area contributed by atoms with Crippen LogP contribution in [-0.2, 0) is 9.53 Å². The number of hydrogen-bond donors (Lipinski definition) is 0. The van der Waals surface area contributed by atoms with Gasteiger partial charge in [-0.3, -0.25) is 4.79 Å². The van der Waals surface area contributed by atoms with Gasteiger partial charge in [-0.2, -0.15) is 5.26 Å². The largest absolute Gasteiger partial charge is 0.468 e. The zero-order valence-electron chi connectivity index (χ0n) is 6.96. The van der Waals surface area contributed by atoms with Crippen molar-refractivity contribution < 1.29 is 9.53 Å².